The average molecular weight is 516 g/mol. The Labute approximate surface area is 211 Å². The largest absolute Gasteiger partial charge is 0.496 e. The van der Waals surface area contributed by atoms with Crippen molar-refractivity contribution in [3.63, 3.8) is 0 Å². The molecule has 3 heterocycles. The second-order valence-corrected chi connectivity index (χ2v) is 9.25. The molecule has 0 saturated carbocycles. The molecule has 1 aliphatic rings. The van der Waals surface area contributed by atoms with Crippen molar-refractivity contribution in [2.75, 3.05) is 32.2 Å². The Hall–Kier alpha value is -3.30. The first-order chi connectivity index (χ1) is 16.8. The van der Waals surface area contributed by atoms with E-state index in [1.807, 2.05) is 12.1 Å². The van der Waals surface area contributed by atoms with Crippen LogP contribution in [0.25, 0.3) is 6.08 Å². The van der Waals surface area contributed by atoms with Gasteiger partial charge in [0.15, 0.2) is 10.7 Å². The first-order valence-corrected chi connectivity index (χ1v) is 12.3. The minimum absolute atomic E-state index is 0.244. The number of methoxy groups -OCH3 is 2. The molecule has 8 nitrogen and oxygen atoms in total. The number of hydrogen-bond donors (Lipinski definition) is 0. The van der Waals surface area contributed by atoms with Crippen LogP contribution in [0.4, 0.5) is 5.88 Å². The number of carbonyl (C=O) groups is 1. The summed E-state index contributed by atoms with van der Waals surface area (Å²) >= 11 is 7.52. The van der Waals surface area contributed by atoms with Gasteiger partial charge in [0.2, 0.25) is 0 Å². The van der Waals surface area contributed by atoms with Gasteiger partial charge in [0.1, 0.15) is 17.6 Å². The second kappa shape index (κ2) is 10.1. The van der Waals surface area contributed by atoms with E-state index < -0.39 is 12.0 Å². The molecule has 0 spiro atoms. The van der Waals surface area contributed by atoms with Gasteiger partial charge in [-0.1, -0.05) is 22.9 Å². The van der Waals surface area contributed by atoms with Crippen molar-refractivity contribution in [1.29, 1.82) is 0 Å². The summed E-state index contributed by atoms with van der Waals surface area (Å²) in [5, 5.41) is 0.446. The first kappa shape index (κ1) is 24.8. The lowest BCUT2D eigenvalue weighted by Gasteiger charge is -2.25. The van der Waals surface area contributed by atoms with E-state index in [2.05, 4.69) is 23.7 Å². The standard InChI is InChI=1S/C25H26ClN3O5S/c1-6-28(7-2)20-11-9-16(34-20)13-19-23(30)29-22(17-12-15(26)8-10-18(17)32-4)21(24(31)33-5)14(3)27-25(29)35-19/h8-13,22H,6-7H2,1-5H3/b19-13-/t22-/m1/s1. The van der Waals surface area contributed by atoms with Gasteiger partial charge in [0, 0.05) is 35.8 Å². The maximum atomic E-state index is 13.7. The number of rotatable bonds is 7. The summed E-state index contributed by atoms with van der Waals surface area (Å²) < 4.78 is 18.5. The number of hydrogen-bond acceptors (Lipinski definition) is 8. The first-order valence-electron chi connectivity index (χ1n) is 11.1. The molecule has 0 unspecified atom stereocenters. The normalized spacial score (nSPS) is 15.6. The number of ether oxygens (including phenoxy) is 2. The second-order valence-electron chi connectivity index (χ2n) is 7.81. The Kier molecular flexibility index (Phi) is 7.18. The van der Waals surface area contributed by atoms with Crippen molar-refractivity contribution < 1.29 is 18.7 Å². The number of halogens is 1. The number of thiazole rings is 1. The molecular weight excluding hydrogens is 490 g/mol. The van der Waals surface area contributed by atoms with Gasteiger partial charge in [-0.15, -0.1) is 0 Å². The lowest BCUT2D eigenvalue weighted by Crippen LogP contribution is -2.40. The van der Waals surface area contributed by atoms with E-state index in [-0.39, 0.29) is 11.1 Å². The minimum atomic E-state index is -0.822. The predicted molar refractivity (Wildman–Crippen MR) is 136 cm³/mol. The van der Waals surface area contributed by atoms with Gasteiger partial charge in [-0.05, 0) is 45.0 Å². The molecule has 10 heteroatoms. The van der Waals surface area contributed by atoms with E-state index >= 15 is 0 Å². The quantitative estimate of drug-likeness (QED) is 0.448. The number of fused-ring (bicyclic) bond motifs is 1. The summed E-state index contributed by atoms with van der Waals surface area (Å²) in [5.41, 5.74) is 0.951. The molecule has 0 fully saturated rings. The van der Waals surface area contributed by atoms with Crippen LogP contribution in [0.1, 0.15) is 38.1 Å². The Morgan fingerprint density at radius 3 is 2.66 bits per heavy atom. The maximum Gasteiger partial charge on any atom is 0.338 e. The molecule has 35 heavy (non-hydrogen) atoms. The number of anilines is 1. The van der Waals surface area contributed by atoms with E-state index in [0.29, 0.717) is 37.1 Å². The van der Waals surface area contributed by atoms with Crippen molar-refractivity contribution in [1.82, 2.24) is 4.57 Å². The third-order valence-electron chi connectivity index (χ3n) is 5.87. The van der Waals surface area contributed by atoms with Crippen LogP contribution < -0.4 is 24.5 Å². The summed E-state index contributed by atoms with van der Waals surface area (Å²) in [6, 6.07) is 7.97. The van der Waals surface area contributed by atoms with Gasteiger partial charge < -0.3 is 18.8 Å². The highest BCUT2D eigenvalue weighted by Crippen LogP contribution is 2.37. The van der Waals surface area contributed by atoms with Crippen LogP contribution in [0, 0.1) is 0 Å². The highest BCUT2D eigenvalue weighted by atomic mass is 35.5. The highest BCUT2D eigenvalue weighted by molar-refractivity contribution is 7.07. The van der Waals surface area contributed by atoms with Gasteiger partial charge in [-0.3, -0.25) is 9.36 Å². The zero-order valence-corrected chi connectivity index (χ0v) is 21.7. The number of esters is 1. The molecule has 0 amide bonds. The van der Waals surface area contributed by atoms with Gasteiger partial charge in [-0.2, -0.15) is 0 Å². The molecule has 2 aromatic heterocycles. The number of furan rings is 1. The molecule has 4 rings (SSSR count). The van der Waals surface area contributed by atoms with E-state index in [0.717, 1.165) is 19.0 Å². The minimum Gasteiger partial charge on any atom is -0.496 e. The van der Waals surface area contributed by atoms with Crippen molar-refractivity contribution in [2.24, 2.45) is 4.99 Å². The van der Waals surface area contributed by atoms with Gasteiger partial charge in [-0.25, -0.2) is 9.79 Å². The topological polar surface area (TPSA) is 86.3 Å². The van der Waals surface area contributed by atoms with E-state index in [4.69, 9.17) is 25.5 Å². The summed E-state index contributed by atoms with van der Waals surface area (Å²) in [6.07, 6.45) is 1.69. The molecule has 184 valence electrons. The van der Waals surface area contributed by atoms with Crippen molar-refractivity contribution >= 4 is 40.9 Å². The Morgan fingerprint density at radius 1 is 1.26 bits per heavy atom. The smallest absolute Gasteiger partial charge is 0.338 e. The molecule has 1 aromatic carbocycles. The summed E-state index contributed by atoms with van der Waals surface area (Å²) in [6.45, 7) is 7.44. The molecule has 0 N–H and O–H groups in total. The maximum absolute atomic E-state index is 13.7. The van der Waals surface area contributed by atoms with Crippen LogP contribution in [-0.2, 0) is 9.53 Å². The van der Waals surface area contributed by atoms with Crippen LogP contribution >= 0.6 is 22.9 Å². The van der Waals surface area contributed by atoms with E-state index in [1.165, 1.54) is 30.1 Å². The number of nitrogens with zero attached hydrogens (tertiary/aromatic N) is 3. The summed E-state index contributed by atoms with van der Waals surface area (Å²) in [4.78, 5) is 33.6. The fourth-order valence-electron chi connectivity index (χ4n) is 4.16. The zero-order chi connectivity index (χ0) is 25.3. The highest BCUT2D eigenvalue weighted by Gasteiger charge is 2.35. The zero-order valence-electron chi connectivity index (χ0n) is 20.1. The van der Waals surface area contributed by atoms with Crippen LogP contribution in [0.3, 0.4) is 0 Å². The third kappa shape index (κ3) is 4.53. The molecule has 3 aromatic rings. The Bertz CT molecular complexity index is 1480. The monoisotopic (exact) mass is 515 g/mol. The fraction of sp³-hybridized carbons (Fsp3) is 0.320. The Balaban J connectivity index is 1.94. The van der Waals surface area contributed by atoms with Crippen LogP contribution in [0.2, 0.25) is 5.02 Å². The average Bonchev–Trinajstić information content (AvgIpc) is 3.43. The SMILES string of the molecule is CCN(CC)c1ccc(/C=c2\sc3n(c2=O)[C@H](c2cc(Cl)ccc2OC)C(C(=O)OC)=C(C)N=3)o1. The van der Waals surface area contributed by atoms with Crippen molar-refractivity contribution in [2.45, 2.75) is 26.8 Å². The number of allylic oxidation sites excluding steroid dienone is 1. The lowest BCUT2D eigenvalue weighted by molar-refractivity contribution is -0.136. The van der Waals surface area contributed by atoms with Gasteiger partial charge in [0.25, 0.3) is 5.56 Å². The summed E-state index contributed by atoms with van der Waals surface area (Å²) in [7, 11) is 2.82. The van der Waals surface area contributed by atoms with Crippen LogP contribution in [-0.4, -0.2) is 37.8 Å². The van der Waals surface area contributed by atoms with Crippen molar-refractivity contribution in [3.05, 3.63) is 77.6 Å². The fourth-order valence-corrected chi connectivity index (χ4v) is 5.37. The molecule has 1 atom stereocenters. The number of carbonyl (C=O) groups excluding carboxylic acids is 1. The summed E-state index contributed by atoms with van der Waals surface area (Å²) in [5.74, 6) is 1.19. The van der Waals surface area contributed by atoms with Gasteiger partial charge in [0.05, 0.1) is 30.0 Å². The molecule has 0 bridgehead atoms. The Morgan fingerprint density at radius 2 is 2.00 bits per heavy atom. The van der Waals surface area contributed by atoms with Gasteiger partial charge >= 0.3 is 5.97 Å². The third-order valence-corrected chi connectivity index (χ3v) is 7.09. The van der Waals surface area contributed by atoms with E-state index in [1.54, 1.807) is 31.2 Å². The van der Waals surface area contributed by atoms with Crippen LogP contribution in [0.5, 0.6) is 5.75 Å². The van der Waals surface area contributed by atoms with Crippen LogP contribution in [0.15, 0.2) is 55.8 Å². The van der Waals surface area contributed by atoms with E-state index in [9.17, 15) is 9.59 Å². The number of benzene rings is 1. The van der Waals surface area contributed by atoms with Crippen molar-refractivity contribution in [3.8, 4) is 5.75 Å². The molecular formula is C25H26ClN3O5S. The molecule has 1 aliphatic heterocycles. The predicted octanol–water partition coefficient (Wildman–Crippen LogP) is 3.51. The molecule has 0 radical (unpaired) electrons. The molecule has 0 saturated heterocycles. The lowest BCUT2D eigenvalue weighted by atomic mass is 9.95. The number of aromatic nitrogens is 1. The molecule has 0 aliphatic carbocycles.